The van der Waals surface area contributed by atoms with Crippen LogP contribution in [0, 0.1) is 5.82 Å². The van der Waals surface area contributed by atoms with Crippen molar-refractivity contribution in [3.05, 3.63) is 59.9 Å². The van der Waals surface area contributed by atoms with Crippen LogP contribution in [0.1, 0.15) is 23.2 Å². The number of sulfonamides is 1. The molecule has 0 radical (unpaired) electrons. The molecule has 1 fully saturated rings. The summed E-state index contributed by atoms with van der Waals surface area (Å²) in [6.07, 6.45) is 1.70. The first kappa shape index (κ1) is 16.6. The van der Waals surface area contributed by atoms with Crippen LogP contribution in [0.25, 0.3) is 0 Å². The summed E-state index contributed by atoms with van der Waals surface area (Å²) in [4.78, 5) is 12.3. The van der Waals surface area contributed by atoms with E-state index in [1.807, 2.05) is 0 Å². The maximum atomic E-state index is 13.7. The fourth-order valence-electron chi connectivity index (χ4n) is 2.66. The lowest BCUT2D eigenvalue weighted by molar-refractivity contribution is 0.102. The van der Waals surface area contributed by atoms with Crippen LogP contribution in [0.15, 0.2) is 53.4 Å². The molecule has 126 valence electrons. The summed E-state index contributed by atoms with van der Waals surface area (Å²) in [5.74, 6) is -1.25. The lowest BCUT2D eigenvalue weighted by atomic mass is 10.2. The molecule has 5 nitrogen and oxygen atoms in total. The normalized spacial score (nSPS) is 15.4. The maximum absolute atomic E-state index is 13.7. The zero-order valence-electron chi connectivity index (χ0n) is 12.9. The summed E-state index contributed by atoms with van der Waals surface area (Å²) < 4.78 is 40.2. The van der Waals surface area contributed by atoms with Crippen LogP contribution in [0.4, 0.5) is 10.1 Å². The molecular weight excluding hydrogens is 331 g/mol. The molecule has 1 saturated heterocycles. The average Bonchev–Trinajstić information content (AvgIpc) is 3.11. The van der Waals surface area contributed by atoms with Crippen LogP contribution in [0.3, 0.4) is 0 Å². The van der Waals surface area contributed by atoms with Crippen LogP contribution in [-0.2, 0) is 10.0 Å². The van der Waals surface area contributed by atoms with Gasteiger partial charge in [-0.1, -0.05) is 18.2 Å². The summed E-state index contributed by atoms with van der Waals surface area (Å²) in [5, 5.41) is 2.54. The van der Waals surface area contributed by atoms with Crippen molar-refractivity contribution in [3.8, 4) is 0 Å². The van der Waals surface area contributed by atoms with Gasteiger partial charge in [0.1, 0.15) is 5.82 Å². The quantitative estimate of drug-likeness (QED) is 0.924. The molecule has 3 rings (SSSR count). The number of nitrogens with one attached hydrogen (secondary N) is 1. The third kappa shape index (κ3) is 3.32. The summed E-state index contributed by atoms with van der Waals surface area (Å²) >= 11 is 0. The smallest absolute Gasteiger partial charge is 0.258 e. The van der Waals surface area contributed by atoms with Crippen LogP contribution >= 0.6 is 0 Å². The van der Waals surface area contributed by atoms with Crippen LogP contribution in [0.5, 0.6) is 0 Å². The van der Waals surface area contributed by atoms with E-state index >= 15 is 0 Å². The van der Waals surface area contributed by atoms with Gasteiger partial charge < -0.3 is 5.32 Å². The first-order chi connectivity index (χ1) is 11.5. The van der Waals surface area contributed by atoms with E-state index in [1.165, 1.54) is 34.6 Å². The molecule has 0 spiro atoms. The van der Waals surface area contributed by atoms with E-state index in [1.54, 1.807) is 18.2 Å². The summed E-state index contributed by atoms with van der Waals surface area (Å²) in [6.45, 7) is 1.02. The minimum atomic E-state index is -3.56. The molecule has 2 aromatic carbocycles. The van der Waals surface area contributed by atoms with Crippen molar-refractivity contribution in [2.24, 2.45) is 0 Å². The van der Waals surface area contributed by atoms with Gasteiger partial charge in [-0.2, -0.15) is 4.31 Å². The third-order valence-corrected chi connectivity index (χ3v) is 5.81. The molecule has 0 aliphatic carbocycles. The Kier molecular flexibility index (Phi) is 4.64. The molecule has 1 aliphatic heterocycles. The van der Waals surface area contributed by atoms with Crippen LogP contribution in [0.2, 0.25) is 0 Å². The van der Waals surface area contributed by atoms with Crippen molar-refractivity contribution >= 4 is 21.6 Å². The topological polar surface area (TPSA) is 66.5 Å². The van der Waals surface area contributed by atoms with Gasteiger partial charge in [-0.3, -0.25) is 4.79 Å². The van der Waals surface area contributed by atoms with E-state index in [0.717, 1.165) is 12.8 Å². The Morgan fingerprint density at radius 1 is 1.04 bits per heavy atom. The Hall–Kier alpha value is -2.25. The number of nitrogens with zero attached hydrogens (tertiary/aromatic N) is 1. The molecule has 2 aromatic rings. The number of carbonyl (C=O) groups is 1. The second-order valence-electron chi connectivity index (χ2n) is 5.57. The predicted molar refractivity (Wildman–Crippen MR) is 88.8 cm³/mol. The lowest BCUT2D eigenvalue weighted by Gasteiger charge is -2.16. The number of carbonyl (C=O) groups excluding carboxylic acids is 1. The van der Waals surface area contributed by atoms with Gasteiger partial charge in [0.25, 0.3) is 5.91 Å². The second-order valence-corrected chi connectivity index (χ2v) is 7.51. The van der Waals surface area contributed by atoms with Crippen molar-refractivity contribution in [2.45, 2.75) is 17.7 Å². The number of hydrogen-bond acceptors (Lipinski definition) is 3. The van der Waals surface area contributed by atoms with Crippen molar-refractivity contribution in [1.82, 2.24) is 4.31 Å². The minimum Gasteiger partial charge on any atom is -0.322 e. The molecule has 0 bridgehead atoms. The first-order valence-electron chi connectivity index (χ1n) is 7.64. The third-order valence-electron chi connectivity index (χ3n) is 3.91. The van der Waals surface area contributed by atoms with E-state index in [0.29, 0.717) is 18.8 Å². The lowest BCUT2D eigenvalue weighted by Crippen LogP contribution is -2.27. The largest absolute Gasteiger partial charge is 0.322 e. The monoisotopic (exact) mass is 348 g/mol. The first-order valence-corrected chi connectivity index (χ1v) is 9.08. The van der Waals surface area contributed by atoms with E-state index in [9.17, 15) is 17.6 Å². The zero-order chi connectivity index (χ0) is 17.2. The Labute approximate surface area is 140 Å². The Morgan fingerprint density at radius 2 is 1.75 bits per heavy atom. The van der Waals surface area contributed by atoms with Crippen LogP contribution in [-0.4, -0.2) is 31.7 Å². The number of anilines is 1. The van der Waals surface area contributed by atoms with Crippen molar-refractivity contribution in [1.29, 1.82) is 0 Å². The molecule has 1 aliphatic rings. The summed E-state index contributed by atoms with van der Waals surface area (Å²) in [7, 11) is -3.56. The minimum absolute atomic E-state index is 0.0923. The number of halogens is 1. The van der Waals surface area contributed by atoms with E-state index in [-0.39, 0.29) is 10.5 Å². The van der Waals surface area contributed by atoms with Crippen molar-refractivity contribution in [2.75, 3.05) is 18.4 Å². The highest BCUT2D eigenvalue weighted by atomic mass is 32.2. The molecule has 0 saturated carbocycles. The fourth-order valence-corrected chi connectivity index (χ4v) is 4.22. The average molecular weight is 348 g/mol. The predicted octanol–water partition coefficient (Wildman–Crippen LogP) is 2.86. The van der Waals surface area contributed by atoms with Gasteiger partial charge >= 0.3 is 0 Å². The van der Waals surface area contributed by atoms with Gasteiger partial charge in [0.2, 0.25) is 10.0 Å². The highest BCUT2D eigenvalue weighted by molar-refractivity contribution is 7.89. The molecule has 24 heavy (non-hydrogen) atoms. The number of hydrogen-bond donors (Lipinski definition) is 1. The maximum Gasteiger partial charge on any atom is 0.258 e. The van der Waals surface area contributed by atoms with Gasteiger partial charge in [-0.05, 0) is 43.2 Å². The molecule has 0 atom stereocenters. The van der Waals surface area contributed by atoms with Gasteiger partial charge in [0.05, 0.1) is 10.5 Å². The van der Waals surface area contributed by atoms with Crippen molar-refractivity contribution < 1.29 is 17.6 Å². The Balaban J connectivity index is 1.83. The SMILES string of the molecule is O=C(Nc1cccc(S(=O)(=O)N2CCCC2)c1)c1ccccc1F. The van der Waals surface area contributed by atoms with E-state index in [4.69, 9.17) is 0 Å². The van der Waals surface area contributed by atoms with E-state index < -0.39 is 21.7 Å². The number of amides is 1. The molecule has 1 amide bonds. The standard InChI is InChI=1S/C17H17FN2O3S/c18-16-9-2-1-8-15(16)17(21)19-13-6-5-7-14(12-13)24(22,23)20-10-3-4-11-20/h1-2,5-9,12H,3-4,10-11H2,(H,19,21). The number of rotatable bonds is 4. The van der Waals surface area contributed by atoms with Gasteiger partial charge in [0, 0.05) is 18.8 Å². The van der Waals surface area contributed by atoms with Gasteiger partial charge in [-0.15, -0.1) is 0 Å². The molecule has 7 heteroatoms. The highest BCUT2D eigenvalue weighted by Gasteiger charge is 2.27. The number of benzene rings is 2. The summed E-state index contributed by atoms with van der Waals surface area (Å²) in [5.41, 5.74) is 0.217. The fraction of sp³-hybridized carbons (Fsp3) is 0.235. The molecule has 0 aromatic heterocycles. The molecular formula is C17H17FN2O3S. The van der Waals surface area contributed by atoms with Gasteiger partial charge in [-0.25, -0.2) is 12.8 Å². The summed E-state index contributed by atoms with van der Waals surface area (Å²) in [6, 6.07) is 11.6. The highest BCUT2D eigenvalue weighted by Crippen LogP contribution is 2.23. The van der Waals surface area contributed by atoms with E-state index in [2.05, 4.69) is 5.32 Å². The van der Waals surface area contributed by atoms with Crippen molar-refractivity contribution in [3.63, 3.8) is 0 Å². The molecule has 1 heterocycles. The second kappa shape index (κ2) is 6.70. The van der Waals surface area contributed by atoms with Crippen LogP contribution < -0.4 is 5.32 Å². The Morgan fingerprint density at radius 3 is 2.46 bits per heavy atom. The zero-order valence-corrected chi connectivity index (χ0v) is 13.7. The Bertz CT molecular complexity index is 862. The van der Waals surface area contributed by atoms with Gasteiger partial charge in [0.15, 0.2) is 0 Å². The molecule has 0 unspecified atom stereocenters. The molecule has 1 N–H and O–H groups in total.